The van der Waals surface area contributed by atoms with E-state index in [1.165, 1.54) is 58.2 Å². The first-order valence-electron chi connectivity index (χ1n) is 8.01. The van der Waals surface area contributed by atoms with Gasteiger partial charge in [0.15, 0.2) is 0 Å². The molecule has 1 heterocycles. The summed E-state index contributed by atoms with van der Waals surface area (Å²) in [4.78, 5) is 2.83. The molecule has 0 spiro atoms. The zero-order valence-corrected chi connectivity index (χ0v) is 12.9. The predicted octanol–water partition coefficient (Wildman–Crippen LogP) is 3.42. The van der Waals surface area contributed by atoms with Crippen LogP contribution < -0.4 is 5.32 Å². The molecule has 0 aromatic heterocycles. The van der Waals surface area contributed by atoms with E-state index in [0.717, 1.165) is 5.92 Å². The van der Waals surface area contributed by atoms with Crippen LogP contribution in [0.4, 0.5) is 0 Å². The second kappa shape index (κ2) is 5.50. The lowest BCUT2D eigenvalue weighted by Gasteiger charge is -2.53. The minimum atomic E-state index is 0.284. The van der Waals surface area contributed by atoms with Gasteiger partial charge in [-0.2, -0.15) is 0 Å². The van der Waals surface area contributed by atoms with Crippen molar-refractivity contribution in [2.75, 3.05) is 19.6 Å². The Hall–Kier alpha value is -0.0800. The predicted molar refractivity (Wildman–Crippen MR) is 78.9 cm³/mol. The summed E-state index contributed by atoms with van der Waals surface area (Å²) in [5.41, 5.74) is 0.699. The molecular formula is C16H32N2. The number of nitrogens with one attached hydrogen (secondary N) is 1. The molecule has 106 valence electrons. The Morgan fingerprint density at radius 3 is 2.28 bits per heavy atom. The third kappa shape index (κ3) is 2.91. The first-order valence-corrected chi connectivity index (χ1v) is 8.01. The first-order chi connectivity index (χ1) is 8.51. The summed E-state index contributed by atoms with van der Waals surface area (Å²) in [6.45, 7) is 13.2. The highest BCUT2D eigenvalue weighted by molar-refractivity contribution is 5.01. The number of nitrogens with zero attached hydrogens (tertiary/aromatic N) is 1. The summed E-state index contributed by atoms with van der Waals surface area (Å²) in [6, 6.07) is 0. The van der Waals surface area contributed by atoms with E-state index in [1.807, 2.05) is 0 Å². The lowest BCUT2D eigenvalue weighted by Crippen LogP contribution is -2.68. The number of hydrogen-bond acceptors (Lipinski definition) is 2. The lowest BCUT2D eigenvalue weighted by atomic mass is 9.83. The van der Waals surface area contributed by atoms with Crippen molar-refractivity contribution in [2.24, 2.45) is 5.92 Å². The van der Waals surface area contributed by atoms with E-state index < -0.39 is 0 Å². The van der Waals surface area contributed by atoms with Crippen molar-refractivity contribution < 1.29 is 0 Å². The van der Waals surface area contributed by atoms with Crippen LogP contribution >= 0.6 is 0 Å². The fraction of sp³-hybridized carbons (Fsp3) is 1.00. The Morgan fingerprint density at radius 2 is 1.72 bits per heavy atom. The van der Waals surface area contributed by atoms with Crippen molar-refractivity contribution in [2.45, 2.75) is 77.3 Å². The monoisotopic (exact) mass is 252 g/mol. The van der Waals surface area contributed by atoms with Gasteiger partial charge in [-0.25, -0.2) is 0 Å². The summed E-state index contributed by atoms with van der Waals surface area (Å²) in [5, 5.41) is 3.76. The second-order valence-corrected chi connectivity index (χ2v) is 7.20. The zero-order chi connectivity index (χ0) is 13.2. The van der Waals surface area contributed by atoms with Crippen LogP contribution in [0.3, 0.4) is 0 Å². The van der Waals surface area contributed by atoms with E-state index in [-0.39, 0.29) is 5.54 Å². The summed E-state index contributed by atoms with van der Waals surface area (Å²) in [6.07, 6.45) is 8.41. The summed E-state index contributed by atoms with van der Waals surface area (Å²) >= 11 is 0. The molecule has 18 heavy (non-hydrogen) atoms. The zero-order valence-electron chi connectivity index (χ0n) is 12.9. The Bertz CT molecular complexity index is 262. The second-order valence-electron chi connectivity index (χ2n) is 7.20. The van der Waals surface area contributed by atoms with Crippen molar-refractivity contribution in [1.82, 2.24) is 10.2 Å². The van der Waals surface area contributed by atoms with E-state index in [0.29, 0.717) is 5.54 Å². The van der Waals surface area contributed by atoms with Crippen molar-refractivity contribution in [1.29, 1.82) is 0 Å². The molecule has 1 N–H and O–H groups in total. The van der Waals surface area contributed by atoms with Gasteiger partial charge in [0.05, 0.1) is 0 Å². The highest BCUT2D eigenvalue weighted by atomic mass is 15.3. The molecule has 1 aliphatic heterocycles. The molecule has 2 rings (SSSR count). The molecule has 2 fully saturated rings. The van der Waals surface area contributed by atoms with Crippen LogP contribution in [-0.2, 0) is 0 Å². The smallest absolute Gasteiger partial charge is 0.0329 e. The van der Waals surface area contributed by atoms with Crippen LogP contribution in [0.25, 0.3) is 0 Å². The van der Waals surface area contributed by atoms with Crippen molar-refractivity contribution in [3.8, 4) is 0 Å². The molecule has 2 nitrogen and oxygen atoms in total. The highest BCUT2D eigenvalue weighted by Crippen LogP contribution is 2.34. The van der Waals surface area contributed by atoms with Crippen molar-refractivity contribution in [3.63, 3.8) is 0 Å². The van der Waals surface area contributed by atoms with Gasteiger partial charge in [0.1, 0.15) is 0 Å². The SMILES string of the molecule is CCC1(CC)CNC(C)(C)CN1CC1CCCC1. The summed E-state index contributed by atoms with van der Waals surface area (Å²) in [7, 11) is 0. The van der Waals surface area contributed by atoms with Crippen molar-refractivity contribution >= 4 is 0 Å². The van der Waals surface area contributed by atoms with E-state index in [1.54, 1.807) is 0 Å². The van der Waals surface area contributed by atoms with Gasteiger partial charge in [-0.05, 0) is 45.4 Å². The Balaban J connectivity index is 2.08. The quantitative estimate of drug-likeness (QED) is 0.825. The maximum atomic E-state index is 3.76. The van der Waals surface area contributed by atoms with E-state index in [4.69, 9.17) is 0 Å². The minimum Gasteiger partial charge on any atom is -0.309 e. The topological polar surface area (TPSA) is 15.3 Å². The third-order valence-electron chi connectivity index (χ3n) is 5.42. The fourth-order valence-electron chi connectivity index (χ4n) is 3.93. The molecule has 1 aliphatic carbocycles. The maximum absolute atomic E-state index is 3.76. The molecule has 0 aromatic carbocycles. The fourth-order valence-corrected chi connectivity index (χ4v) is 3.93. The van der Waals surface area contributed by atoms with Gasteiger partial charge in [-0.15, -0.1) is 0 Å². The molecule has 1 saturated carbocycles. The largest absolute Gasteiger partial charge is 0.309 e. The van der Waals surface area contributed by atoms with Gasteiger partial charge >= 0.3 is 0 Å². The number of hydrogen-bond donors (Lipinski definition) is 1. The molecule has 2 aliphatic rings. The Morgan fingerprint density at radius 1 is 1.11 bits per heavy atom. The van der Waals surface area contributed by atoms with Gasteiger partial charge in [-0.3, -0.25) is 4.90 Å². The third-order valence-corrected chi connectivity index (χ3v) is 5.42. The Kier molecular flexibility index (Phi) is 4.38. The van der Waals surface area contributed by atoms with Gasteiger partial charge in [0.2, 0.25) is 0 Å². The molecule has 2 heteroatoms. The molecule has 0 unspecified atom stereocenters. The minimum absolute atomic E-state index is 0.284. The Labute approximate surface area is 114 Å². The normalized spacial score (nSPS) is 28.7. The summed E-state index contributed by atoms with van der Waals surface area (Å²) in [5.74, 6) is 0.969. The molecule has 0 atom stereocenters. The standard InChI is InChI=1S/C16H32N2/c1-5-16(6-2)12-17-15(3,4)13-18(16)11-14-9-7-8-10-14/h14,17H,5-13H2,1-4H3. The first kappa shape index (κ1) is 14.3. The van der Waals surface area contributed by atoms with Crippen LogP contribution in [0.15, 0.2) is 0 Å². The van der Waals surface area contributed by atoms with Crippen LogP contribution in [0, 0.1) is 5.92 Å². The number of rotatable bonds is 4. The van der Waals surface area contributed by atoms with Gasteiger partial charge < -0.3 is 5.32 Å². The maximum Gasteiger partial charge on any atom is 0.0329 e. The van der Waals surface area contributed by atoms with Crippen LogP contribution in [0.5, 0.6) is 0 Å². The highest BCUT2D eigenvalue weighted by Gasteiger charge is 2.42. The molecule has 0 aromatic rings. The van der Waals surface area contributed by atoms with E-state index in [9.17, 15) is 0 Å². The van der Waals surface area contributed by atoms with Crippen molar-refractivity contribution in [3.05, 3.63) is 0 Å². The summed E-state index contributed by atoms with van der Waals surface area (Å²) < 4.78 is 0. The van der Waals surface area contributed by atoms with Gasteiger partial charge in [0.25, 0.3) is 0 Å². The van der Waals surface area contributed by atoms with Crippen LogP contribution in [-0.4, -0.2) is 35.6 Å². The van der Waals surface area contributed by atoms with E-state index >= 15 is 0 Å². The van der Waals surface area contributed by atoms with E-state index in [2.05, 4.69) is 37.9 Å². The van der Waals surface area contributed by atoms with Gasteiger partial charge in [0, 0.05) is 30.7 Å². The van der Waals surface area contributed by atoms with Crippen LogP contribution in [0.2, 0.25) is 0 Å². The average molecular weight is 252 g/mol. The molecule has 0 bridgehead atoms. The average Bonchev–Trinajstić information content (AvgIpc) is 2.82. The van der Waals surface area contributed by atoms with Crippen LogP contribution in [0.1, 0.15) is 66.2 Å². The van der Waals surface area contributed by atoms with Gasteiger partial charge in [-0.1, -0.05) is 26.7 Å². The molecule has 1 saturated heterocycles. The number of piperazine rings is 1. The molecule has 0 amide bonds. The lowest BCUT2D eigenvalue weighted by molar-refractivity contribution is -0.00174. The molecular weight excluding hydrogens is 220 g/mol. The molecule has 0 radical (unpaired) electrons.